The van der Waals surface area contributed by atoms with Crippen LogP contribution in [0.1, 0.15) is 33.3 Å². The van der Waals surface area contributed by atoms with E-state index in [-0.39, 0.29) is 4.91 Å². The predicted octanol–water partition coefficient (Wildman–Crippen LogP) is 5.25. The van der Waals surface area contributed by atoms with Gasteiger partial charge in [0.1, 0.15) is 12.4 Å². The Kier molecular flexibility index (Phi) is 22.7. The number of carboxylic acids is 1. The molecular weight excluding hydrogens is 438 g/mol. The summed E-state index contributed by atoms with van der Waals surface area (Å²) >= 11 is 0. The van der Waals surface area contributed by atoms with Crippen molar-refractivity contribution in [1.82, 2.24) is 0 Å². The van der Waals surface area contributed by atoms with Crippen LogP contribution >= 0.6 is 0 Å². The van der Waals surface area contributed by atoms with Gasteiger partial charge in [0.2, 0.25) is 9.84 Å². The lowest BCUT2D eigenvalue weighted by atomic mass is 10.2. The highest BCUT2D eigenvalue weighted by Crippen LogP contribution is 2.23. The van der Waals surface area contributed by atoms with E-state index in [9.17, 15) is 8.42 Å². The van der Waals surface area contributed by atoms with Gasteiger partial charge in [0.05, 0.1) is 9.80 Å². The molecule has 0 spiro atoms. The number of hydrogen-bond donors (Lipinski definition) is 2. The monoisotopic (exact) mass is 475 g/mol. The zero-order valence-electron chi connectivity index (χ0n) is 20.4. The first-order valence-corrected chi connectivity index (χ1v) is 11.7. The number of nitrogens with two attached hydrogens (primary N) is 1. The second-order valence-electron chi connectivity index (χ2n) is 5.51. The molecule has 0 bridgehead atoms. The van der Waals surface area contributed by atoms with Crippen LogP contribution in [0, 0.1) is 19.8 Å². The largest absolute Gasteiger partial charge is 0.490 e. The van der Waals surface area contributed by atoms with Crippen LogP contribution in [0.5, 0.6) is 5.75 Å². The van der Waals surface area contributed by atoms with Crippen molar-refractivity contribution < 1.29 is 23.1 Å². The molecule has 0 unspecified atom stereocenters. The SMILES string of the molecule is C#C.C/C=C(\C=C/COc1ccccc1)S(=O)(=O)c1ccccc1C.CC.CC(=O)O.CN. The molecule has 33 heavy (non-hydrogen) atoms. The lowest BCUT2D eigenvalue weighted by molar-refractivity contribution is -0.134. The molecule has 3 N–H and O–H groups in total. The van der Waals surface area contributed by atoms with Crippen LogP contribution < -0.4 is 10.5 Å². The summed E-state index contributed by atoms with van der Waals surface area (Å²) in [6, 6.07) is 16.4. The molecule has 2 aromatic rings. The maximum absolute atomic E-state index is 12.7. The molecule has 7 heteroatoms. The Balaban J connectivity index is -0.000000780. The zero-order valence-corrected chi connectivity index (χ0v) is 21.2. The topological polar surface area (TPSA) is 107 Å². The van der Waals surface area contributed by atoms with Crippen LogP contribution in [0.25, 0.3) is 0 Å². The lowest BCUT2D eigenvalue weighted by Gasteiger charge is -2.08. The van der Waals surface area contributed by atoms with E-state index >= 15 is 0 Å². The van der Waals surface area contributed by atoms with Gasteiger partial charge in [-0.3, -0.25) is 4.79 Å². The highest BCUT2D eigenvalue weighted by atomic mass is 32.2. The van der Waals surface area contributed by atoms with Gasteiger partial charge in [-0.1, -0.05) is 56.3 Å². The predicted molar refractivity (Wildman–Crippen MR) is 138 cm³/mol. The second-order valence-corrected chi connectivity index (χ2v) is 7.42. The summed E-state index contributed by atoms with van der Waals surface area (Å²) in [5.74, 6) is -0.0825. The van der Waals surface area contributed by atoms with E-state index in [1.165, 1.54) is 7.05 Å². The third kappa shape index (κ3) is 15.2. The third-order valence-corrected chi connectivity index (χ3v) is 5.38. The summed E-state index contributed by atoms with van der Waals surface area (Å²) in [6.45, 7) is 8.90. The highest BCUT2D eigenvalue weighted by Gasteiger charge is 2.19. The minimum atomic E-state index is -3.51. The quantitative estimate of drug-likeness (QED) is 0.436. The number of carboxylic acid groups (broad SMARTS) is 1. The van der Waals surface area contributed by atoms with Crippen molar-refractivity contribution in [2.75, 3.05) is 13.7 Å². The molecular formula is C26H37NO5S. The van der Waals surface area contributed by atoms with E-state index in [4.69, 9.17) is 14.6 Å². The van der Waals surface area contributed by atoms with Crippen LogP contribution in [0.4, 0.5) is 0 Å². The van der Waals surface area contributed by atoms with Crippen LogP contribution in [0.2, 0.25) is 0 Å². The molecule has 0 aliphatic rings. The summed E-state index contributed by atoms with van der Waals surface area (Å²) in [4.78, 5) is 9.60. The van der Waals surface area contributed by atoms with Crippen molar-refractivity contribution in [3.63, 3.8) is 0 Å². The number of allylic oxidation sites excluding steroid dienone is 2. The van der Waals surface area contributed by atoms with Crippen molar-refractivity contribution in [2.24, 2.45) is 5.73 Å². The Morgan fingerprint density at radius 1 is 1.03 bits per heavy atom. The summed E-state index contributed by atoms with van der Waals surface area (Å²) < 4.78 is 30.9. The minimum absolute atomic E-state index is 0.267. The number of para-hydroxylation sites is 1. The molecule has 6 nitrogen and oxygen atoms in total. The van der Waals surface area contributed by atoms with Gasteiger partial charge in [-0.2, -0.15) is 0 Å². The molecule has 2 aromatic carbocycles. The molecule has 0 aromatic heterocycles. The zero-order chi connectivity index (χ0) is 26.3. The molecule has 0 atom stereocenters. The number of carbonyl (C=O) groups is 1. The van der Waals surface area contributed by atoms with E-state index in [2.05, 4.69) is 18.6 Å². The fourth-order valence-electron chi connectivity index (χ4n) is 2.15. The minimum Gasteiger partial charge on any atom is -0.490 e. The van der Waals surface area contributed by atoms with Gasteiger partial charge >= 0.3 is 0 Å². The van der Waals surface area contributed by atoms with Gasteiger partial charge in [0.25, 0.3) is 5.97 Å². The summed E-state index contributed by atoms with van der Waals surface area (Å²) in [7, 11) is -2.01. The van der Waals surface area contributed by atoms with Gasteiger partial charge in [-0.25, -0.2) is 8.42 Å². The molecule has 0 aliphatic heterocycles. The fourth-order valence-corrected chi connectivity index (χ4v) is 3.74. The van der Waals surface area contributed by atoms with Crippen LogP contribution in [-0.2, 0) is 14.6 Å². The average molecular weight is 476 g/mol. The molecule has 0 radical (unpaired) electrons. The first-order valence-electron chi connectivity index (χ1n) is 10.2. The van der Waals surface area contributed by atoms with Gasteiger partial charge in [0, 0.05) is 6.92 Å². The number of aliphatic carboxylic acids is 1. The van der Waals surface area contributed by atoms with Crippen LogP contribution in [0.3, 0.4) is 0 Å². The molecule has 0 fully saturated rings. The van der Waals surface area contributed by atoms with Crippen molar-refractivity contribution in [3.05, 3.63) is 83.3 Å². The molecule has 2 rings (SSSR count). The Morgan fingerprint density at radius 2 is 1.48 bits per heavy atom. The first kappa shape index (κ1) is 34.3. The van der Waals surface area contributed by atoms with E-state index in [0.717, 1.165) is 18.2 Å². The van der Waals surface area contributed by atoms with Crippen molar-refractivity contribution >= 4 is 15.8 Å². The summed E-state index contributed by atoms with van der Waals surface area (Å²) in [5, 5.41) is 7.42. The van der Waals surface area contributed by atoms with Gasteiger partial charge in [-0.15, -0.1) is 12.8 Å². The van der Waals surface area contributed by atoms with Gasteiger partial charge in [0.15, 0.2) is 0 Å². The number of ether oxygens (including phenoxy) is 1. The average Bonchev–Trinajstić information content (AvgIpc) is 2.83. The Morgan fingerprint density at radius 3 is 1.94 bits per heavy atom. The Hall–Kier alpha value is -3.34. The lowest BCUT2D eigenvalue weighted by Crippen LogP contribution is -2.05. The Labute approximate surface area is 199 Å². The third-order valence-electron chi connectivity index (χ3n) is 3.35. The van der Waals surface area contributed by atoms with Crippen molar-refractivity contribution in [2.45, 2.75) is 39.5 Å². The molecule has 0 saturated heterocycles. The summed E-state index contributed by atoms with van der Waals surface area (Å²) in [6.07, 6.45) is 12.9. The van der Waals surface area contributed by atoms with E-state index in [0.29, 0.717) is 11.5 Å². The standard InChI is InChI=1S/C19H20O3S.C2H4O2.C2H6.C2H2.CH5N/c1-3-18(13-9-15-22-17-11-5-4-6-12-17)23(20,21)19-14-8-7-10-16(19)2;1-2(3)4;3*1-2/h3-14H,15H2,1-2H3;1H3,(H,3,4);1-2H3;1-2H;2H2,1H3/b13-9-,18-3+;;;;. The Bertz CT molecular complexity index is 943. The molecule has 0 aliphatic carbocycles. The number of benzene rings is 2. The molecule has 0 amide bonds. The van der Waals surface area contributed by atoms with Crippen LogP contribution in [-0.4, -0.2) is 33.1 Å². The number of terminal acetylenes is 1. The summed E-state index contributed by atoms with van der Waals surface area (Å²) in [5.41, 5.74) is 5.24. The van der Waals surface area contributed by atoms with Gasteiger partial charge < -0.3 is 15.6 Å². The smallest absolute Gasteiger partial charge is 0.300 e. The van der Waals surface area contributed by atoms with E-state index in [1.54, 1.807) is 50.3 Å². The number of hydrogen-bond acceptors (Lipinski definition) is 5. The second kappa shape index (κ2) is 21.9. The van der Waals surface area contributed by atoms with E-state index in [1.807, 2.05) is 50.2 Å². The number of sulfone groups is 1. The molecule has 0 heterocycles. The maximum atomic E-state index is 12.7. The molecule has 0 saturated carbocycles. The number of aryl methyl sites for hydroxylation is 1. The molecule has 182 valence electrons. The normalized spacial score (nSPS) is 9.91. The maximum Gasteiger partial charge on any atom is 0.300 e. The van der Waals surface area contributed by atoms with Crippen molar-refractivity contribution in [1.29, 1.82) is 0 Å². The van der Waals surface area contributed by atoms with Crippen molar-refractivity contribution in [3.8, 4) is 18.6 Å². The fraction of sp³-hybridized carbons (Fsp3) is 0.269. The number of rotatable bonds is 6. The van der Waals surface area contributed by atoms with Gasteiger partial charge in [-0.05, 0) is 56.8 Å². The first-order chi connectivity index (χ1) is 15.8. The van der Waals surface area contributed by atoms with Crippen LogP contribution in [0.15, 0.2) is 82.6 Å². The highest BCUT2D eigenvalue weighted by molar-refractivity contribution is 7.95. The van der Waals surface area contributed by atoms with E-state index < -0.39 is 15.8 Å².